The van der Waals surface area contributed by atoms with E-state index in [9.17, 15) is 4.79 Å². The first-order chi connectivity index (χ1) is 6.81. The molecule has 0 saturated heterocycles. The van der Waals surface area contributed by atoms with Crippen LogP contribution in [-0.4, -0.2) is 19.5 Å². The van der Waals surface area contributed by atoms with Gasteiger partial charge in [0.2, 0.25) is 5.91 Å². The van der Waals surface area contributed by atoms with E-state index in [4.69, 9.17) is 0 Å². The highest BCUT2D eigenvalue weighted by Gasteiger charge is 2.22. The third-order valence-corrected chi connectivity index (χ3v) is 3.62. The lowest BCUT2D eigenvalue weighted by Crippen LogP contribution is -2.32. The second kappa shape index (κ2) is 4.11. The van der Waals surface area contributed by atoms with Gasteiger partial charge in [-0.05, 0) is 30.0 Å². The largest absolute Gasteiger partial charge is 0.359 e. The second-order valence-corrected chi connectivity index (χ2v) is 4.39. The first kappa shape index (κ1) is 9.68. The van der Waals surface area contributed by atoms with E-state index in [1.54, 1.807) is 18.4 Å². The number of rotatable bonds is 2. The van der Waals surface area contributed by atoms with Crippen molar-refractivity contribution in [3.05, 3.63) is 21.9 Å². The van der Waals surface area contributed by atoms with Crippen LogP contribution in [0.5, 0.6) is 0 Å². The molecule has 1 aliphatic rings. The minimum Gasteiger partial charge on any atom is -0.359 e. The van der Waals surface area contributed by atoms with Gasteiger partial charge in [0.25, 0.3) is 0 Å². The molecule has 0 saturated carbocycles. The molecule has 0 bridgehead atoms. The Morgan fingerprint density at radius 3 is 3.43 bits per heavy atom. The van der Waals surface area contributed by atoms with Crippen molar-refractivity contribution in [2.24, 2.45) is 0 Å². The normalized spacial score (nSPS) is 20.2. The van der Waals surface area contributed by atoms with Crippen LogP contribution in [0.25, 0.3) is 0 Å². The van der Waals surface area contributed by atoms with Gasteiger partial charge in [-0.3, -0.25) is 4.79 Å². The summed E-state index contributed by atoms with van der Waals surface area (Å²) >= 11 is 1.74. The molecule has 0 aromatic carbocycles. The van der Waals surface area contributed by atoms with E-state index < -0.39 is 0 Å². The van der Waals surface area contributed by atoms with E-state index in [1.165, 1.54) is 10.4 Å². The van der Waals surface area contributed by atoms with Gasteiger partial charge >= 0.3 is 0 Å². The number of hydrogen-bond acceptors (Lipinski definition) is 3. The highest BCUT2D eigenvalue weighted by Crippen LogP contribution is 2.29. The third-order valence-electron chi connectivity index (χ3n) is 2.55. The fourth-order valence-corrected chi connectivity index (χ4v) is 2.82. The molecule has 1 atom stereocenters. The zero-order valence-electron chi connectivity index (χ0n) is 8.17. The predicted octanol–water partition coefficient (Wildman–Crippen LogP) is 1.07. The molecule has 1 aliphatic heterocycles. The van der Waals surface area contributed by atoms with Gasteiger partial charge in [-0.15, -0.1) is 11.3 Å². The molecule has 1 amide bonds. The number of fused-ring (bicyclic) bond motifs is 1. The van der Waals surface area contributed by atoms with Crippen LogP contribution in [0.15, 0.2) is 11.4 Å². The Morgan fingerprint density at radius 2 is 2.64 bits per heavy atom. The van der Waals surface area contributed by atoms with E-state index >= 15 is 0 Å². The van der Waals surface area contributed by atoms with E-state index in [0.29, 0.717) is 6.42 Å². The van der Waals surface area contributed by atoms with Gasteiger partial charge < -0.3 is 10.6 Å². The lowest BCUT2D eigenvalue weighted by Gasteiger charge is -2.23. The third kappa shape index (κ3) is 1.81. The SMILES string of the molecule is CNC(=O)CC1NCCc2ccsc21. The molecular formula is C10H14N2OS. The van der Waals surface area contributed by atoms with Crippen LogP contribution in [-0.2, 0) is 11.2 Å². The highest BCUT2D eigenvalue weighted by atomic mass is 32.1. The van der Waals surface area contributed by atoms with Crippen LogP contribution in [0.3, 0.4) is 0 Å². The van der Waals surface area contributed by atoms with Crippen molar-refractivity contribution >= 4 is 17.2 Å². The summed E-state index contributed by atoms with van der Waals surface area (Å²) in [4.78, 5) is 12.6. The summed E-state index contributed by atoms with van der Waals surface area (Å²) in [6.45, 7) is 0.978. The second-order valence-electron chi connectivity index (χ2n) is 3.44. The molecule has 2 heterocycles. The average molecular weight is 210 g/mol. The molecule has 3 nitrogen and oxygen atoms in total. The quantitative estimate of drug-likeness (QED) is 0.766. The topological polar surface area (TPSA) is 41.1 Å². The van der Waals surface area contributed by atoms with Crippen LogP contribution in [0.1, 0.15) is 22.9 Å². The van der Waals surface area contributed by atoms with Crippen LogP contribution in [0, 0.1) is 0 Å². The van der Waals surface area contributed by atoms with E-state index in [1.807, 2.05) is 0 Å². The summed E-state index contributed by atoms with van der Waals surface area (Å²) in [5.74, 6) is 0.101. The maximum Gasteiger partial charge on any atom is 0.221 e. The van der Waals surface area contributed by atoms with Crippen LogP contribution >= 0.6 is 11.3 Å². The highest BCUT2D eigenvalue weighted by molar-refractivity contribution is 7.10. The van der Waals surface area contributed by atoms with Crippen molar-refractivity contribution in [1.82, 2.24) is 10.6 Å². The lowest BCUT2D eigenvalue weighted by atomic mass is 10.0. The molecule has 0 fully saturated rings. The standard InChI is InChI=1S/C10H14N2OS/c1-11-9(13)6-8-10-7(2-4-12-8)3-5-14-10/h3,5,8,12H,2,4,6H2,1H3,(H,11,13). The molecule has 1 aromatic heterocycles. The molecular weight excluding hydrogens is 196 g/mol. The first-order valence-corrected chi connectivity index (χ1v) is 5.69. The molecule has 0 spiro atoms. The maximum atomic E-state index is 11.3. The Balaban J connectivity index is 2.12. The Hall–Kier alpha value is -0.870. The van der Waals surface area contributed by atoms with Gasteiger partial charge in [0.05, 0.1) is 6.04 Å². The van der Waals surface area contributed by atoms with Crippen molar-refractivity contribution in [2.45, 2.75) is 18.9 Å². The molecule has 2 N–H and O–H groups in total. The molecule has 76 valence electrons. The van der Waals surface area contributed by atoms with E-state index in [2.05, 4.69) is 22.1 Å². The molecule has 1 unspecified atom stereocenters. The van der Waals surface area contributed by atoms with E-state index in [0.717, 1.165) is 13.0 Å². The molecule has 14 heavy (non-hydrogen) atoms. The van der Waals surface area contributed by atoms with Crippen LogP contribution < -0.4 is 10.6 Å². The van der Waals surface area contributed by atoms with Crippen LogP contribution in [0.4, 0.5) is 0 Å². The minimum atomic E-state index is 0.101. The molecule has 2 rings (SSSR count). The zero-order valence-corrected chi connectivity index (χ0v) is 8.99. The fraction of sp³-hybridized carbons (Fsp3) is 0.500. The van der Waals surface area contributed by atoms with Crippen molar-refractivity contribution in [2.75, 3.05) is 13.6 Å². The molecule has 4 heteroatoms. The van der Waals surface area contributed by atoms with Crippen molar-refractivity contribution in [3.8, 4) is 0 Å². The Labute approximate surface area is 87.5 Å². The molecule has 0 radical (unpaired) electrons. The summed E-state index contributed by atoms with van der Waals surface area (Å²) in [6.07, 6.45) is 1.63. The smallest absolute Gasteiger partial charge is 0.221 e. The van der Waals surface area contributed by atoms with Gasteiger partial charge in [0.15, 0.2) is 0 Å². The predicted molar refractivity (Wildman–Crippen MR) is 57.5 cm³/mol. The number of amides is 1. The number of hydrogen-bond donors (Lipinski definition) is 2. The minimum absolute atomic E-state index is 0.101. The number of nitrogens with one attached hydrogen (secondary N) is 2. The number of carbonyl (C=O) groups excluding carboxylic acids is 1. The van der Waals surface area contributed by atoms with Crippen LogP contribution in [0.2, 0.25) is 0 Å². The Morgan fingerprint density at radius 1 is 1.79 bits per heavy atom. The summed E-state index contributed by atoms with van der Waals surface area (Å²) in [6, 6.07) is 2.39. The Kier molecular flexibility index (Phi) is 2.84. The Bertz CT molecular complexity index is 335. The van der Waals surface area contributed by atoms with Gasteiger partial charge in [0.1, 0.15) is 0 Å². The maximum absolute atomic E-state index is 11.3. The van der Waals surface area contributed by atoms with Crippen molar-refractivity contribution in [1.29, 1.82) is 0 Å². The van der Waals surface area contributed by atoms with E-state index in [-0.39, 0.29) is 11.9 Å². The lowest BCUT2D eigenvalue weighted by molar-refractivity contribution is -0.121. The summed E-state index contributed by atoms with van der Waals surface area (Å²) in [5, 5.41) is 8.14. The van der Waals surface area contributed by atoms with Crippen molar-refractivity contribution in [3.63, 3.8) is 0 Å². The average Bonchev–Trinajstić information content (AvgIpc) is 2.66. The van der Waals surface area contributed by atoms with Gasteiger partial charge in [-0.2, -0.15) is 0 Å². The molecule has 1 aromatic rings. The van der Waals surface area contributed by atoms with Gasteiger partial charge in [-0.1, -0.05) is 0 Å². The summed E-state index contributed by atoms with van der Waals surface area (Å²) in [5.41, 5.74) is 1.41. The van der Waals surface area contributed by atoms with Gasteiger partial charge in [-0.25, -0.2) is 0 Å². The number of thiophene rings is 1. The first-order valence-electron chi connectivity index (χ1n) is 4.81. The zero-order chi connectivity index (χ0) is 9.97. The van der Waals surface area contributed by atoms with Crippen molar-refractivity contribution < 1.29 is 4.79 Å². The molecule has 0 aliphatic carbocycles. The fourth-order valence-electron chi connectivity index (χ4n) is 1.79. The summed E-state index contributed by atoms with van der Waals surface area (Å²) in [7, 11) is 1.68. The van der Waals surface area contributed by atoms with Gasteiger partial charge in [0, 0.05) is 18.3 Å². The summed E-state index contributed by atoms with van der Waals surface area (Å²) < 4.78 is 0. The number of carbonyl (C=O) groups is 1. The monoisotopic (exact) mass is 210 g/mol.